The molecule has 0 radical (unpaired) electrons. The molecule has 1 aromatic carbocycles. The van der Waals surface area contributed by atoms with Crippen LogP contribution in [-0.2, 0) is 0 Å². The Morgan fingerprint density at radius 1 is 1.29 bits per heavy atom. The molecule has 0 fully saturated rings. The van der Waals surface area contributed by atoms with Gasteiger partial charge in [-0.2, -0.15) is 11.3 Å². The summed E-state index contributed by atoms with van der Waals surface area (Å²) in [7, 11) is 0. The van der Waals surface area contributed by atoms with Gasteiger partial charge in [-0.05, 0) is 41.4 Å². The van der Waals surface area contributed by atoms with Crippen molar-refractivity contribution in [2.24, 2.45) is 5.73 Å². The minimum absolute atomic E-state index is 0.0888. The molecular weight excluding hydrogens is 270 g/mol. The molecule has 0 aliphatic carbocycles. The first kappa shape index (κ1) is 13.0. The second kappa shape index (κ2) is 5.91. The van der Waals surface area contributed by atoms with E-state index >= 15 is 0 Å². The summed E-state index contributed by atoms with van der Waals surface area (Å²) in [4.78, 5) is 1.09. The van der Waals surface area contributed by atoms with E-state index in [1.165, 1.54) is 5.56 Å². The molecule has 0 saturated carbocycles. The van der Waals surface area contributed by atoms with Gasteiger partial charge >= 0.3 is 0 Å². The first-order valence-corrected chi connectivity index (χ1v) is 7.57. The number of halogens is 1. The van der Waals surface area contributed by atoms with E-state index < -0.39 is 0 Å². The highest BCUT2D eigenvalue weighted by molar-refractivity contribution is 7.99. The van der Waals surface area contributed by atoms with Crippen molar-refractivity contribution in [1.82, 2.24) is 0 Å². The third-order valence-corrected chi connectivity index (χ3v) is 5.15. The van der Waals surface area contributed by atoms with Gasteiger partial charge in [-0.15, -0.1) is 11.8 Å². The molecule has 2 N–H and O–H groups in total. The highest BCUT2D eigenvalue weighted by atomic mass is 35.5. The quantitative estimate of drug-likeness (QED) is 0.831. The summed E-state index contributed by atoms with van der Waals surface area (Å²) >= 11 is 9.60. The fourth-order valence-electron chi connectivity index (χ4n) is 1.59. The topological polar surface area (TPSA) is 26.0 Å². The van der Waals surface area contributed by atoms with Crippen molar-refractivity contribution in [2.75, 3.05) is 0 Å². The Morgan fingerprint density at radius 2 is 2.06 bits per heavy atom. The number of benzene rings is 1. The molecule has 2 unspecified atom stereocenters. The van der Waals surface area contributed by atoms with Gasteiger partial charge in [-0.25, -0.2) is 0 Å². The number of hydrogen-bond acceptors (Lipinski definition) is 3. The molecule has 0 spiro atoms. The van der Waals surface area contributed by atoms with Crippen molar-refractivity contribution in [1.29, 1.82) is 0 Å². The largest absolute Gasteiger partial charge is 0.327 e. The van der Waals surface area contributed by atoms with E-state index in [2.05, 4.69) is 16.8 Å². The van der Waals surface area contributed by atoms with Crippen molar-refractivity contribution in [2.45, 2.75) is 23.1 Å². The molecule has 1 heterocycles. The monoisotopic (exact) mass is 283 g/mol. The van der Waals surface area contributed by atoms with Crippen LogP contribution >= 0.6 is 34.7 Å². The van der Waals surface area contributed by atoms with Crippen LogP contribution in [0.5, 0.6) is 0 Å². The minimum Gasteiger partial charge on any atom is -0.327 e. The summed E-state index contributed by atoms with van der Waals surface area (Å²) < 4.78 is 0. The van der Waals surface area contributed by atoms with E-state index in [0.29, 0.717) is 0 Å². The van der Waals surface area contributed by atoms with Crippen LogP contribution in [0.3, 0.4) is 0 Å². The molecule has 2 atom stereocenters. The second-order valence-corrected chi connectivity index (χ2v) is 6.26. The second-order valence-electron chi connectivity index (χ2n) is 3.88. The van der Waals surface area contributed by atoms with Crippen LogP contribution in [0.25, 0.3) is 0 Å². The first-order valence-electron chi connectivity index (χ1n) is 5.37. The molecule has 2 rings (SSSR count). The Kier molecular flexibility index (Phi) is 4.51. The van der Waals surface area contributed by atoms with Crippen molar-refractivity contribution in [3.8, 4) is 0 Å². The molecule has 0 amide bonds. The van der Waals surface area contributed by atoms with E-state index in [0.717, 1.165) is 9.92 Å². The lowest BCUT2D eigenvalue weighted by Gasteiger charge is -2.20. The molecule has 1 nitrogen and oxygen atoms in total. The highest BCUT2D eigenvalue weighted by Crippen LogP contribution is 2.40. The van der Waals surface area contributed by atoms with Gasteiger partial charge in [-0.1, -0.05) is 23.7 Å². The fraction of sp³-hybridized carbons (Fsp3) is 0.231. The van der Waals surface area contributed by atoms with E-state index in [9.17, 15) is 0 Å². The van der Waals surface area contributed by atoms with Crippen LogP contribution < -0.4 is 5.73 Å². The smallest absolute Gasteiger partial charge is 0.0542 e. The van der Waals surface area contributed by atoms with E-state index in [1.54, 1.807) is 23.1 Å². The Morgan fingerprint density at radius 3 is 2.65 bits per heavy atom. The highest BCUT2D eigenvalue weighted by Gasteiger charge is 2.19. The van der Waals surface area contributed by atoms with Gasteiger partial charge in [0, 0.05) is 10.9 Å². The van der Waals surface area contributed by atoms with Gasteiger partial charge < -0.3 is 5.73 Å². The van der Waals surface area contributed by atoms with Crippen molar-refractivity contribution in [3.63, 3.8) is 0 Å². The maximum atomic E-state index is 6.18. The Labute approximate surface area is 115 Å². The zero-order valence-corrected chi connectivity index (χ0v) is 11.9. The minimum atomic E-state index is 0.0888. The number of thioether (sulfide) groups is 1. The van der Waals surface area contributed by atoms with Crippen molar-refractivity contribution < 1.29 is 0 Å². The molecule has 4 heteroatoms. The lowest BCUT2D eigenvalue weighted by Crippen LogP contribution is -2.22. The molecular formula is C13H14ClNS2. The van der Waals surface area contributed by atoms with Crippen molar-refractivity contribution in [3.05, 3.63) is 51.7 Å². The SMILES string of the molecule is CC(N)C(Sc1ccccc1Cl)c1ccsc1. The summed E-state index contributed by atoms with van der Waals surface area (Å²) in [5.41, 5.74) is 7.34. The maximum Gasteiger partial charge on any atom is 0.0542 e. The summed E-state index contributed by atoms with van der Waals surface area (Å²) in [6.07, 6.45) is 0. The van der Waals surface area contributed by atoms with Gasteiger partial charge in [0.1, 0.15) is 0 Å². The van der Waals surface area contributed by atoms with Crippen LogP contribution in [-0.4, -0.2) is 6.04 Å². The normalized spacial score (nSPS) is 14.5. The van der Waals surface area contributed by atoms with Crippen LogP contribution in [0, 0.1) is 0 Å². The molecule has 90 valence electrons. The summed E-state index contributed by atoms with van der Waals surface area (Å²) in [6.45, 7) is 2.03. The standard InChI is InChI=1S/C13H14ClNS2/c1-9(15)13(10-6-7-16-8-10)17-12-5-3-2-4-11(12)14/h2-9,13H,15H2,1H3. The van der Waals surface area contributed by atoms with E-state index in [4.69, 9.17) is 17.3 Å². The van der Waals surface area contributed by atoms with Crippen molar-refractivity contribution >= 4 is 34.7 Å². The number of rotatable bonds is 4. The molecule has 17 heavy (non-hydrogen) atoms. The van der Waals surface area contributed by atoms with Gasteiger partial charge in [0.15, 0.2) is 0 Å². The Balaban J connectivity index is 2.23. The van der Waals surface area contributed by atoms with Gasteiger partial charge in [0.2, 0.25) is 0 Å². The van der Waals surface area contributed by atoms with Crippen LogP contribution in [0.2, 0.25) is 5.02 Å². The Bertz CT molecular complexity index is 468. The Hall–Kier alpha value is -0.480. The first-order chi connectivity index (χ1) is 8.18. The predicted molar refractivity (Wildman–Crippen MR) is 78.0 cm³/mol. The maximum absolute atomic E-state index is 6.18. The van der Waals surface area contributed by atoms with Gasteiger partial charge in [0.25, 0.3) is 0 Å². The summed E-state index contributed by atoms with van der Waals surface area (Å²) in [6, 6.07) is 10.1. The predicted octanol–water partition coefficient (Wildman–Crippen LogP) is 4.58. The number of hydrogen-bond donors (Lipinski definition) is 1. The average Bonchev–Trinajstić information content (AvgIpc) is 2.81. The molecule has 1 aromatic heterocycles. The lowest BCUT2D eigenvalue weighted by atomic mass is 10.1. The number of nitrogens with two attached hydrogens (primary N) is 1. The average molecular weight is 284 g/mol. The number of thiophene rings is 1. The van der Waals surface area contributed by atoms with E-state index in [1.807, 2.05) is 31.2 Å². The van der Waals surface area contributed by atoms with Crippen LogP contribution in [0.4, 0.5) is 0 Å². The van der Waals surface area contributed by atoms with E-state index in [-0.39, 0.29) is 11.3 Å². The lowest BCUT2D eigenvalue weighted by molar-refractivity contribution is 0.723. The molecule has 0 aliphatic rings. The molecule has 0 saturated heterocycles. The summed E-state index contributed by atoms with van der Waals surface area (Å²) in [5, 5.41) is 5.27. The summed E-state index contributed by atoms with van der Waals surface area (Å²) in [5.74, 6) is 0. The van der Waals surface area contributed by atoms with Gasteiger partial charge in [-0.3, -0.25) is 0 Å². The molecule has 0 bridgehead atoms. The molecule has 0 aliphatic heterocycles. The van der Waals surface area contributed by atoms with Gasteiger partial charge in [0.05, 0.1) is 10.3 Å². The fourth-order valence-corrected chi connectivity index (χ4v) is 3.75. The third kappa shape index (κ3) is 3.26. The zero-order chi connectivity index (χ0) is 12.3. The van der Waals surface area contributed by atoms with Crippen LogP contribution in [0.1, 0.15) is 17.7 Å². The third-order valence-electron chi connectivity index (χ3n) is 2.44. The zero-order valence-electron chi connectivity index (χ0n) is 9.47. The van der Waals surface area contributed by atoms with Crippen LogP contribution in [0.15, 0.2) is 46.0 Å². The molecule has 2 aromatic rings.